The van der Waals surface area contributed by atoms with Crippen molar-refractivity contribution in [3.63, 3.8) is 0 Å². The predicted molar refractivity (Wildman–Crippen MR) is 68.1 cm³/mol. The first-order valence-corrected chi connectivity index (χ1v) is 6.03. The van der Waals surface area contributed by atoms with Gasteiger partial charge in [0.25, 0.3) is 0 Å². The third-order valence-corrected chi connectivity index (χ3v) is 2.63. The number of aldehydes is 1. The van der Waals surface area contributed by atoms with Crippen molar-refractivity contribution in [2.24, 2.45) is 0 Å². The minimum Gasteiger partial charge on any atom is -0.406 e. The highest BCUT2D eigenvalue weighted by atomic mass is 19.4. The standard InChI is InChI=1S/C13H13F3N2O3/c1-12(2,20)7-18-11-5-8(21-13(14,15)16)3-4-9(11)10(6-19)17-18/h3-6,20H,7H2,1-2H3. The van der Waals surface area contributed by atoms with Crippen LogP contribution in [0, 0.1) is 0 Å². The zero-order valence-electron chi connectivity index (χ0n) is 11.3. The first-order valence-electron chi connectivity index (χ1n) is 6.03. The summed E-state index contributed by atoms with van der Waals surface area (Å²) in [5.41, 5.74) is -0.770. The highest BCUT2D eigenvalue weighted by molar-refractivity contribution is 5.95. The lowest BCUT2D eigenvalue weighted by Gasteiger charge is -2.17. The number of rotatable bonds is 4. The predicted octanol–water partition coefficient (Wildman–Crippen LogP) is 2.52. The van der Waals surface area contributed by atoms with E-state index in [4.69, 9.17) is 0 Å². The van der Waals surface area contributed by atoms with Crippen molar-refractivity contribution in [1.29, 1.82) is 0 Å². The lowest BCUT2D eigenvalue weighted by molar-refractivity contribution is -0.274. The number of benzene rings is 1. The summed E-state index contributed by atoms with van der Waals surface area (Å²) >= 11 is 0. The van der Waals surface area contributed by atoms with E-state index in [1.54, 1.807) is 0 Å². The maximum Gasteiger partial charge on any atom is 0.573 e. The number of hydrogen-bond acceptors (Lipinski definition) is 4. The number of aliphatic hydroxyl groups is 1. The molecule has 1 aromatic heterocycles. The molecule has 0 unspecified atom stereocenters. The highest BCUT2D eigenvalue weighted by Gasteiger charge is 2.31. The Bertz CT molecular complexity index is 672. The number of hydrogen-bond donors (Lipinski definition) is 1. The van der Waals surface area contributed by atoms with Crippen LogP contribution >= 0.6 is 0 Å². The summed E-state index contributed by atoms with van der Waals surface area (Å²) in [4.78, 5) is 11.0. The maximum absolute atomic E-state index is 12.2. The van der Waals surface area contributed by atoms with Gasteiger partial charge in [0.05, 0.1) is 17.7 Å². The molecular formula is C13H13F3N2O3. The molecule has 1 N–H and O–H groups in total. The van der Waals surface area contributed by atoms with Crippen molar-refractivity contribution in [3.05, 3.63) is 23.9 Å². The molecule has 0 aliphatic carbocycles. The largest absolute Gasteiger partial charge is 0.573 e. The van der Waals surface area contributed by atoms with Crippen molar-refractivity contribution >= 4 is 17.2 Å². The Kier molecular flexibility index (Phi) is 3.66. The second-order valence-corrected chi connectivity index (χ2v) is 5.20. The van der Waals surface area contributed by atoms with Gasteiger partial charge in [-0.3, -0.25) is 9.48 Å². The summed E-state index contributed by atoms with van der Waals surface area (Å²) in [6, 6.07) is 3.57. The van der Waals surface area contributed by atoms with Crippen LogP contribution in [0.15, 0.2) is 18.2 Å². The van der Waals surface area contributed by atoms with Gasteiger partial charge in [-0.25, -0.2) is 0 Å². The van der Waals surface area contributed by atoms with E-state index in [9.17, 15) is 23.1 Å². The van der Waals surface area contributed by atoms with Crippen LogP contribution in [0.2, 0.25) is 0 Å². The van der Waals surface area contributed by atoms with Crippen molar-refractivity contribution in [3.8, 4) is 5.75 Å². The lowest BCUT2D eigenvalue weighted by Crippen LogP contribution is -2.26. The van der Waals surface area contributed by atoms with Crippen molar-refractivity contribution < 1.29 is 27.8 Å². The number of alkyl halides is 3. The van der Waals surface area contributed by atoms with Crippen LogP contribution in [0.1, 0.15) is 24.3 Å². The molecule has 1 heterocycles. The molecule has 1 aromatic carbocycles. The first kappa shape index (κ1) is 15.3. The van der Waals surface area contributed by atoms with Crippen LogP contribution in [-0.2, 0) is 6.54 Å². The molecule has 0 saturated heterocycles. The van der Waals surface area contributed by atoms with Crippen molar-refractivity contribution in [2.75, 3.05) is 0 Å². The molecule has 0 spiro atoms. The van der Waals surface area contributed by atoms with Crippen molar-refractivity contribution in [2.45, 2.75) is 32.4 Å². The molecule has 114 valence electrons. The number of halogens is 3. The summed E-state index contributed by atoms with van der Waals surface area (Å²) < 4.78 is 41.9. The lowest BCUT2D eigenvalue weighted by atomic mass is 10.1. The zero-order valence-corrected chi connectivity index (χ0v) is 11.3. The SMILES string of the molecule is CC(C)(O)Cn1nc(C=O)c2ccc(OC(F)(F)F)cc21. The number of aromatic nitrogens is 2. The molecule has 0 saturated carbocycles. The zero-order chi connectivity index (χ0) is 15.8. The Morgan fingerprint density at radius 2 is 2.05 bits per heavy atom. The van der Waals surface area contributed by atoms with Crippen LogP contribution in [0.3, 0.4) is 0 Å². The Hall–Kier alpha value is -2.09. The van der Waals surface area contributed by atoms with E-state index in [1.165, 1.54) is 24.6 Å². The summed E-state index contributed by atoms with van der Waals surface area (Å²) in [5, 5.41) is 14.2. The normalized spacial score (nSPS) is 12.7. The van der Waals surface area contributed by atoms with E-state index >= 15 is 0 Å². The fourth-order valence-corrected chi connectivity index (χ4v) is 1.95. The van der Waals surface area contributed by atoms with Gasteiger partial charge >= 0.3 is 6.36 Å². The molecule has 0 aliphatic heterocycles. The van der Waals surface area contributed by atoms with E-state index < -0.39 is 17.7 Å². The third kappa shape index (κ3) is 3.72. The highest BCUT2D eigenvalue weighted by Crippen LogP contribution is 2.28. The number of ether oxygens (including phenoxy) is 1. The van der Waals surface area contributed by atoms with E-state index in [1.807, 2.05) is 0 Å². The minimum absolute atomic E-state index is 0.0206. The number of carbonyl (C=O) groups is 1. The van der Waals surface area contributed by atoms with E-state index in [0.29, 0.717) is 11.7 Å². The molecule has 5 nitrogen and oxygen atoms in total. The average molecular weight is 302 g/mol. The second-order valence-electron chi connectivity index (χ2n) is 5.20. The van der Waals surface area contributed by atoms with Gasteiger partial charge in [0.2, 0.25) is 0 Å². The smallest absolute Gasteiger partial charge is 0.406 e. The number of carbonyl (C=O) groups excluding carboxylic acids is 1. The molecule has 2 rings (SSSR count). The van der Waals surface area contributed by atoms with Gasteiger partial charge in [-0.2, -0.15) is 5.10 Å². The van der Waals surface area contributed by atoms with Gasteiger partial charge in [-0.05, 0) is 26.0 Å². The number of fused-ring (bicyclic) bond motifs is 1. The molecule has 0 radical (unpaired) electrons. The Labute approximate surface area is 117 Å². The van der Waals surface area contributed by atoms with Gasteiger partial charge in [-0.1, -0.05) is 0 Å². The summed E-state index contributed by atoms with van der Waals surface area (Å²) in [6.45, 7) is 3.07. The fourth-order valence-electron chi connectivity index (χ4n) is 1.95. The molecular weight excluding hydrogens is 289 g/mol. The number of nitrogens with zero attached hydrogens (tertiary/aromatic N) is 2. The molecule has 21 heavy (non-hydrogen) atoms. The molecule has 0 aliphatic rings. The third-order valence-electron chi connectivity index (χ3n) is 2.63. The van der Waals surface area contributed by atoms with E-state index in [-0.39, 0.29) is 17.8 Å². The summed E-state index contributed by atoms with van der Waals surface area (Å²) in [5.74, 6) is -0.413. The van der Waals surface area contributed by atoms with Crippen LogP contribution in [0.25, 0.3) is 10.9 Å². The molecule has 8 heteroatoms. The second kappa shape index (κ2) is 5.03. The Balaban J connectivity index is 2.52. The first-order chi connectivity index (χ1) is 9.59. The Morgan fingerprint density at radius 1 is 1.38 bits per heavy atom. The van der Waals surface area contributed by atoms with Crippen LogP contribution in [0.4, 0.5) is 13.2 Å². The molecule has 0 fully saturated rings. The Morgan fingerprint density at radius 3 is 2.57 bits per heavy atom. The summed E-state index contributed by atoms with van der Waals surface area (Å²) in [7, 11) is 0. The molecule has 2 aromatic rings. The van der Waals surface area contributed by atoms with Crippen LogP contribution < -0.4 is 4.74 Å². The van der Waals surface area contributed by atoms with Crippen LogP contribution in [-0.4, -0.2) is 33.1 Å². The van der Waals surface area contributed by atoms with Crippen molar-refractivity contribution in [1.82, 2.24) is 9.78 Å². The van der Waals surface area contributed by atoms with Gasteiger partial charge in [0, 0.05) is 11.5 Å². The van der Waals surface area contributed by atoms with Crippen LogP contribution in [0.5, 0.6) is 5.75 Å². The van der Waals surface area contributed by atoms with Gasteiger partial charge in [0.1, 0.15) is 11.4 Å². The average Bonchev–Trinajstić information content (AvgIpc) is 2.63. The quantitative estimate of drug-likeness (QED) is 0.881. The maximum atomic E-state index is 12.2. The van der Waals surface area contributed by atoms with Gasteiger partial charge in [0.15, 0.2) is 6.29 Å². The van der Waals surface area contributed by atoms with Gasteiger partial charge < -0.3 is 9.84 Å². The summed E-state index contributed by atoms with van der Waals surface area (Å²) in [6.07, 6.45) is -4.30. The monoisotopic (exact) mass is 302 g/mol. The molecule has 0 atom stereocenters. The fraction of sp³-hybridized carbons (Fsp3) is 0.385. The van der Waals surface area contributed by atoms with Gasteiger partial charge in [-0.15, -0.1) is 13.2 Å². The van der Waals surface area contributed by atoms with E-state index in [0.717, 1.165) is 12.1 Å². The topological polar surface area (TPSA) is 64.3 Å². The molecule has 0 amide bonds. The molecule has 0 bridgehead atoms. The van der Waals surface area contributed by atoms with E-state index in [2.05, 4.69) is 9.84 Å². The minimum atomic E-state index is -4.80.